The highest BCUT2D eigenvalue weighted by Gasteiger charge is 2.15. The summed E-state index contributed by atoms with van der Waals surface area (Å²) in [7, 11) is 1.73. The van der Waals surface area contributed by atoms with E-state index < -0.39 is 11.6 Å². The number of hydrogen-bond acceptors (Lipinski definition) is 1. The molecule has 0 fully saturated rings. The molecule has 1 nitrogen and oxygen atoms in total. The van der Waals surface area contributed by atoms with E-state index in [1.54, 1.807) is 13.1 Å². The summed E-state index contributed by atoms with van der Waals surface area (Å²) in [5.41, 5.74) is 0.361. The van der Waals surface area contributed by atoms with Crippen LogP contribution in [-0.4, -0.2) is 7.05 Å². The van der Waals surface area contributed by atoms with Crippen molar-refractivity contribution in [2.45, 2.75) is 25.3 Å². The monoisotopic (exact) mass is 223 g/mol. The third-order valence-corrected chi connectivity index (χ3v) is 2.52. The molecule has 1 aromatic rings. The van der Waals surface area contributed by atoms with Gasteiger partial charge < -0.3 is 5.32 Å². The van der Waals surface area contributed by atoms with Gasteiger partial charge in [0.2, 0.25) is 0 Å². The van der Waals surface area contributed by atoms with Crippen molar-refractivity contribution in [2.24, 2.45) is 0 Å². The van der Waals surface area contributed by atoms with Gasteiger partial charge in [-0.25, -0.2) is 8.78 Å². The van der Waals surface area contributed by atoms with E-state index in [0.717, 1.165) is 12.5 Å². The van der Waals surface area contributed by atoms with Crippen LogP contribution in [0.1, 0.15) is 30.9 Å². The molecule has 1 atom stereocenters. The molecule has 0 aliphatic heterocycles. The maximum absolute atomic E-state index is 13.5. The molecular weight excluding hydrogens is 208 g/mol. The van der Waals surface area contributed by atoms with Crippen LogP contribution in [0.25, 0.3) is 0 Å². The van der Waals surface area contributed by atoms with Gasteiger partial charge in [-0.3, -0.25) is 0 Å². The zero-order valence-corrected chi connectivity index (χ0v) is 9.26. The van der Waals surface area contributed by atoms with E-state index in [-0.39, 0.29) is 6.04 Å². The van der Waals surface area contributed by atoms with Crippen LogP contribution >= 0.6 is 0 Å². The van der Waals surface area contributed by atoms with Crippen molar-refractivity contribution in [1.29, 1.82) is 0 Å². The van der Waals surface area contributed by atoms with E-state index in [1.165, 1.54) is 6.07 Å². The highest BCUT2D eigenvalue weighted by atomic mass is 19.2. The van der Waals surface area contributed by atoms with Gasteiger partial charge in [-0.15, -0.1) is 12.3 Å². The molecule has 0 bridgehead atoms. The van der Waals surface area contributed by atoms with E-state index in [9.17, 15) is 8.78 Å². The predicted octanol–water partition coefficient (Wildman–Crippen LogP) is 3.03. The minimum absolute atomic E-state index is 0.191. The van der Waals surface area contributed by atoms with E-state index in [1.807, 2.05) is 0 Å². The molecule has 1 N–H and O–H groups in total. The first-order chi connectivity index (χ1) is 7.70. The first-order valence-electron chi connectivity index (χ1n) is 5.25. The van der Waals surface area contributed by atoms with E-state index in [4.69, 9.17) is 6.42 Å². The average Bonchev–Trinajstić information content (AvgIpc) is 2.29. The minimum Gasteiger partial charge on any atom is -0.313 e. The van der Waals surface area contributed by atoms with Gasteiger partial charge in [0.25, 0.3) is 0 Å². The van der Waals surface area contributed by atoms with Gasteiger partial charge in [0, 0.05) is 18.0 Å². The SMILES string of the molecule is C#CCCCC(NC)c1cccc(F)c1F. The Bertz CT molecular complexity index is 382. The number of hydrogen-bond donors (Lipinski definition) is 1. The van der Waals surface area contributed by atoms with Crippen LogP contribution in [0.15, 0.2) is 18.2 Å². The van der Waals surface area contributed by atoms with Gasteiger partial charge in [0.1, 0.15) is 0 Å². The summed E-state index contributed by atoms with van der Waals surface area (Å²) in [6.07, 6.45) is 7.28. The third-order valence-electron chi connectivity index (χ3n) is 2.52. The Morgan fingerprint density at radius 3 is 2.81 bits per heavy atom. The van der Waals surface area contributed by atoms with Crippen molar-refractivity contribution >= 4 is 0 Å². The van der Waals surface area contributed by atoms with Crippen molar-refractivity contribution in [3.05, 3.63) is 35.4 Å². The van der Waals surface area contributed by atoms with Crippen LogP contribution in [-0.2, 0) is 0 Å². The largest absolute Gasteiger partial charge is 0.313 e. The van der Waals surface area contributed by atoms with Crippen LogP contribution in [0, 0.1) is 24.0 Å². The summed E-state index contributed by atoms with van der Waals surface area (Å²) in [6, 6.07) is 4.03. The van der Waals surface area contributed by atoms with Crippen molar-refractivity contribution in [3.8, 4) is 12.3 Å². The quantitative estimate of drug-likeness (QED) is 0.597. The minimum atomic E-state index is -0.810. The van der Waals surface area contributed by atoms with Crippen molar-refractivity contribution in [3.63, 3.8) is 0 Å². The predicted molar refractivity (Wildman–Crippen MR) is 60.8 cm³/mol. The molecule has 1 aromatic carbocycles. The van der Waals surface area contributed by atoms with Crippen molar-refractivity contribution in [2.75, 3.05) is 7.05 Å². The number of rotatable bonds is 5. The molecule has 3 heteroatoms. The smallest absolute Gasteiger partial charge is 0.163 e. The lowest BCUT2D eigenvalue weighted by molar-refractivity contribution is 0.459. The van der Waals surface area contributed by atoms with Gasteiger partial charge in [-0.1, -0.05) is 12.1 Å². The molecule has 0 saturated heterocycles. The maximum atomic E-state index is 13.5. The zero-order chi connectivity index (χ0) is 12.0. The summed E-state index contributed by atoms with van der Waals surface area (Å²) in [5, 5.41) is 2.97. The Kier molecular flexibility index (Phi) is 4.94. The Hall–Kier alpha value is -1.40. The van der Waals surface area contributed by atoms with Crippen molar-refractivity contribution < 1.29 is 8.78 Å². The van der Waals surface area contributed by atoms with Crippen LogP contribution in [0.5, 0.6) is 0 Å². The van der Waals surface area contributed by atoms with E-state index in [0.29, 0.717) is 18.4 Å². The third kappa shape index (κ3) is 3.04. The molecule has 0 aliphatic carbocycles. The number of terminal acetylenes is 1. The zero-order valence-electron chi connectivity index (χ0n) is 9.26. The Labute approximate surface area is 94.9 Å². The summed E-state index contributed by atoms with van der Waals surface area (Å²) in [4.78, 5) is 0. The first-order valence-corrected chi connectivity index (χ1v) is 5.25. The topological polar surface area (TPSA) is 12.0 Å². The molecule has 86 valence electrons. The molecule has 1 unspecified atom stereocenters. The second kappa shape index (κ2) is 6.24. The van der Waals surface area contributed by atoms with Gasteiger partial charge in [-0.05, 0) is 26.0 Å². The lowest BCUT2D eigenvalue weighted by Crippen LogP contribution is -2.18. The average molecular weight is 223 g/mol. The number of unbranched alkanes of at least 4 members (excludes halogenated alkanes) is 1. The highest BCUT2D eigenvalue weighted by Crippen LogP contribution is 2.23. The summed E-state index contributed by atoms with van der Waals surface area (Å²) >= 11 is 0. The van der Waals surface area contributed by atoms with E-state index >= 15 is 0 Å². The molecular formula is C13H15F2N. The molecule has 0 spiro atoms. The fourth-order valence-electron chi connectivity index (χ4n) is 1.65. The van der Waals surface area contributed by atoms with Crippen molar-refractivity contribution in [1.82, 2.24) is 5.32 Å². The van der Waals surface area contributed by atoms with Gasteiger partial charge in [0.15, 0.2) is 11.6 Å². The maximum Gasteiger partial charge on any atom is 0.163 e. The molecule has 0 aliphatic rings. The van der Waals surface area contributed by atoms with E-state index in [2.05, 4.69) is 11.2 Å². The number of benzene rings is 1. The Balaban J connectivity index is 2.79. The molecule has 0 amide bonds. The van der Waals surface area contributed by atoms with Gasteiger partial charge in [-0.2, -0.15) is 0 Å². The lowest BCUT2D eigenvalue weighted by Gasteiger charge is -2.16. The molecule has 0 saturated carbocycles. The number of halogens is 2. The van der Waals surface area contributed by atoms with Crippen LogP contribution in [0.3, 0.4) is 0 Å². The van der Waals surface area contributed by atoms with Gasteiger partial charge in [0.05, 0.1) is 0 Å². The second-order valence-electron chi connectivity index (χ2n) is 3.58. The fourth-order valence-corrected chi connectivity index (χ4v) is 1.65. The summed E-state index contributed by atoms with van der Waals surface area (Å²) < 4.78 is 26.5. The highest BCUT2D eigenvalue weighted by molar-refractivity contribution is 5.22. The fraction of sp³-hybridized carbons (Fsp3) is 0.385. The molecule has 1 rings (SSSR count). The van der Waals surface area contributed by atoms with Crippen LogP contribution in [0.2, 0.25) is 0 Å². The number of nitrogens with one attached hydrogen (secondary N) is 1. The first kappa shape index (κ1) is 12.7. The normalized spacial score (nSPS) is 12.1. The Morgan fingerprint density at radius 1 is 1.44 bits per heavy atom. The molecule has 0 heterocycles. The van der Waals surface area contributed by atoms with Crippen LogP contribution < -0.4 is 5.32 Å². The Morgan fingerprint density at radius 2 is 2.19 bits per heavy atom. The van der Waals surface area contributed by atoms with Crippen LogP contribution in [0.4, 0.5) is 8.78 Å². The molecule has 0 radical (unpaired) electrons. The molecule has 16 heavy (non-hydrogen) atoms. The lowest BCUT2D eigenvalue weighted by atomic mass is 10.0. The molecule has 0 aromatic heterocycles. The van der Waals surface area contributed by atoms with Gasteiger partial charge >= 0.3 is 0 Å². The summed E-state index contributed by atoms with van der Waals surface area (Å²) in [5.74, 6) is 0.943. The summed E-state index contributed by atoms with van der Waals surface area (Å²) in [6.45, 7) is 0. The standard InChI is InChI=1S/C13H15F2N/c1-3-4-5-9-12(16-2)10-7-6-8-11(14)13(10)15/h1,6-8,12,16H,4-5,9H2,2H3. The second-order valence-corrected chi connectivity index (χ2v) is 3.58.